The SMILES string of the molecule is CN1C(=O)[C@@H]2[C@@H](C1=O)[C@@H](c1ccc(F)cc1)N1CCC[C@H]21. The van der Waals surface area contributed by atoms with Crippen LogP contribution in [0, 0.1) is 17.7 Å². The van der Waals surface area contributed by atoms with Crippen LogP contribution in [0.4, 0.5) is 4.39 Å². The minimum Gasteiger partial charge on any atom is -0.292 e. The maximum atomic E-state index is 13.2. The van der Waals surface area contributed by atoms with Crippen molar-refractivity contribution < 1.29 is 14.0 Å². The molecule has 0 N–H and O–H groups in total. The molecule has 3 aliphatic rings. The number of likely N-dealkylation sites (tertiary alicyclic amines) is 1. The van der Waals surface area contributed by atoms with Gasteiger partial charge in [-0.2, -0.15) is 0 Å². The Morgan fingerprint density at radius 1 is 1.10 bits per heavy atom. The maximum absolute atomic E-state index is 13.2. The molecule has 110 valence electrons. The normalized spacial score (nSPS) is 35.4. The van der Waals surface area contributed by atoms with Crippen LogP contribution < -0.4 is 0 Å². The summed E-state index contributed by atoms with van der Waals surface area (Å²) in [6.45, 7) is 0.907. The highest BCUT2D eigenvalue weighted by Crippen LogP contribution is 2.52. The Labute approximate surface area is 122 Å². The summed E-state index contributed by atoms with van der Waals surface area (Å²) in [5, 5.41) is 0. The number of hydrogen-bond acceptors (Lipinski definition) is 3. The van der Waals surface area contributed by atoms with Crippen molar-refractivity contribution in [1.82, 2.24) is 9.80 Å². The van der Waals surface area contributed by atoms with E-state index in [0.717, 1.165) is 24.9 Å². The van der Waals surface area contributed by atoms with Gasteiger partial charge in [-0.1, -0.05) is 12.1 Å². The molecule has 0 saturated carbocycles. The number of hydrogen-bond donors (Lipinski definition) is 0. The topological polar surface area (TPSA) is 40.6 Å². The molecule has 0 radical (unpaired) electrons. The number of nitrogens with zero attached hydrogens (tertiary/aromatic N) is 2. The molecule has 0 bridgehead atoms. The fourth-order valence-corrected chi connectivity index (χ4v) is 4.41. The summed E-state index contributed by atoms with van der Waals surface area (Å²) in [5.74, 6) is -0.948. The summed E-state index contributed by atoms with van der Waals surface area (Å²) in [7, 11) is 1.57. The number of carbonyl (C=O) groups is 2. The molecule has 0 aliphatic carbocycles. The number of rotatable bonds is 1. The second-order valence-corrected chi connectivity index (χ2v) is 6.23. The van der Waals surface area contributed by atoms with Crippen molar-refractivity contribution in [3.05, 3.63) is 35.6 Å². The van der Waals surface area contributed by atoms with E-state index in [9.17, 15) is 14.0 Å². The average molecular weight is 288 g/mol. The third kappa shape index (κ3) is 1.64. The Bertz CT molecular complexity index is 615. The summed E-state index contributed by atoms with van der Waals surface area (Å²) < 4.78 is 13.2. The van der Waals surface area contributed by atoms with Crippen LogP contribution in [0.15, 0.2) is 24.3 Å². The molecule has 3 heterocycles. The average Bonchev–Trinajstić information content (AvgIpc) is 3.10. The lowest BCUT2D eigenvalue weighted by Gasteiger charge is -2.28. The lowest BCUT2D eigenvalue weighted by molar-refractivity contribution is -0.139. The zero-order chi connectivity index (χ0) is 14.7. The van der Waals surface area contributed by atoms with E-state index in [0.29, 0.717) is 0 Å². The molecule has 4 atom stereocenters. The van der Waals surface area contributed by atoms with Gasteiger partial charge >= 0.3 is 0 Å². The van der Waals surface area contributed by atoms with Gasteiger partial charge in [0.1, 0.15) is 5.82 Å². The van der Waals surface area contributed by atoms with Crippen LogP contribution in [0.3, 0.4) is 0 Å². The number of halogens is 1. The van der Waals surface area contributed by atoms with Gasteiger partial charge in [0.25, 0.3) is 0 Å². The fraction of sp³-hybridized carbons (Fsp3) is 0.500. The van der Waals surface area contributed by atoms with Crippen molar-refractivity contribution in [1.29, 1.82) is 0 Å². The molecule has 3 saturated heterocycles. The molecule has 1 aromatic rings. The zero-order valence-electron chi connectivity index (χ0n) is 11.8. The monoisotopic (exact) mass is 288 g/mol. The first-order valence-electron chi connectivity index (χ1n) is 7.42. The Hall–Kier alpha value is -1.75. The smallest absolute Gasteiger partial charge is 0.234 e. The number of imide groups is 1. The molecule has 0 unspecified atom stereocenters. The molecule has 0 aromatic heterocycles. The number of carbonyl (C=O) groups excluding carboxylic acids is 2. The van der Waals surface area contributed by atoms with Gasteiger partial charge in [-0.25, -0.2) is 4.39 Å². The van der Waals surface area contributed by atoms with E-state index in [1.165, 1.54) is 17.0 Å². The standard InChI is InChI=1S/C16H17FN2O2/c1-18-15(20)12-11-3-2-8-19(11)14(13(12)16(18)21)9-4-6-10(17)7-5-9/h4-7,11-14H,2-3,8H2,1H3/t11-,12+,13-,14-/m1/s1. The van der Waals surface area contributed by atoms with Crippen molar-refractivity contribution in [2.45, 2.75) is 24.9 Å². The number of amides is 2. The first-order chi connectivity index (χ1) is 10.1. The molecule has 4 rings (SSSR count). The van der Waals surface area contributed by atoms with E-state index >= 15 is 0 Å². The van der Waals surface area contributed by atoms with Gasteiger partial charge in [0, 0.05) is 19.1 Å². The van der Waals surface area contributed by atoms with Crippen LogP contribution in [-0.4, -0.2) is 41.2 Å². The first-order valence-corrected chi connectivity index (χ1v) is 7.42. The van der Waals surface area contributed by atoms with Crippen LogP contribution in [0.25, 0.3) is 0 Å². The predicted octanol–water partition coefficient (Wildman–Crippen LogP) is 1.58. The molecule has 21 heavy (non-hydrogen) atoms. The van der Waals surface area contributed by atoms with Gasteiger partial charge in [-0.3, -0.25) is 19.4 Å². The molecule has 1 aromatic carbocycles. The fourth-order valence-electron chi connectivity index (χ4n) is 4.41. The molecular formula is C16H17FN2O2. The number of fused-ring (bicyclic) bond motifs is 3. The third-order valence-corrected chi connectivity index (χ3v) is 5.28. The quantitative estimate of drug-likeness (QED) is 0.737. The minimum atomic E-state index is -0.307. The molecule has 4 nitrogen and oxygen atoms in total. The van der Waals surface area contributed by atoms with Crippen LogP contribution >= 0.6 is 0 Å². The highest BCUT2D eigenvalue weighted by molar-refractivity contribution is 6.06. The van der Waals surface area contributed by atoms with E-state index in [2.05, 4.69) is 4.90 Å². The summed E-state index contributed by atoms with van der Waals surface area (Å²) >= 11 is 0. The molecule has 3 aliphatic heterocycles. The lowest BCUT2D eigenvalue weighted by Crippen LogP contribution is -2.37. The number of benzene rings is 1. The highest BCUT2D eigenvalue weighted by Gasteiger charge is 2.62. The van der Waals surface area contributed by atoms with Crippen molar-refractivity contribution in [3.8, 4) is 0 Å². The van der Waals surface area contributed by atoms with Crippen LogP contribution in [0.2, 0.25) is 0 Å². The van der Waals surface area contributed by atoms with Gasteiger partial charge < -0.3 is 0 Å². The Morgan fingerprint density at radius 2 is 1.76 bits per heavy atom. The second kappa shape index (κ2) is 4.37. The molecular weight excluding hydrogens is 271 g/mol. The van der Waals surface area contributed by atoms with Gasteiger partial charge in [0.15, 0.2) is 0 Å². The largest absolute Gasteiger partial charge is 0.292 e. The van der Waals surface area contributed by atoms with E-state index < -0.39 is 0 Å². The van der Waals surface area contributed by atoms with E-state index in [1.54, 1.807) is 19.2 Å². The Balaban J connectivity index is 1.80. The van der Waals surface area contributed by atoms with Crippen LogP contribution in [0.5, 0.6) is 0 Å². The van der Waals surface area contributed by atoms with Gasteiger partial charge in [-0.05, 0) is 37.1 Å². The van der Waals surface area contributed by atoms with Crippen molar-refractivity contribution in [2.24, 2.45) is 11.8 Å². The van der Waals surface area contributed by atoms with E-state index in [4.69, 9.17) is 0 Å². The van der Waals surface area contributed by atoms with E-state index in [-0.39, 0.29) is 41.6 Å². The predicted molar refractivity (Wildman–Crippen MR) is 73.6 cm³/mol. The lowest BCUT2D eigenvalue weighted by atomic mass is 9.85. The summed E-state index contributed by atoms with van der Waals surface area (Å²) in [6.07, 6.45) is 2.02. The maximum Gasteiger partial charge on any atom is 0.234 e. The van der Waals surface area contributed by atoms with Crippen LogP contribution in [0.1, 0.15) is 24.4 Å². The summed E-state index contributed by atoms with van der Waals surface area (Å²) in [6, 6.07) is 6.41. The third-order valence-electron chi connectivity index (χ3n) is 5.28. The second-order valence-electron chi connectivity index (χ2n) is 6.23. The van der Waals surface area contributed by atoms with Gasteiger partial charge in [-0.15, -0.1) is 0 Å². The molecule has 0 spiro atoms. The van der Waals surface area contributed by atoms with E-state index in [1.807, 2.05) is 0 Å². The van der Waals surface area contributed by atoms with Gasteiger partial charge in [0.05, 0.1) is 11.8 Å². The molecule has 3 fully saturated rings. The highest BCUT2D eigenvalue weighted by atomic mass is 19.1. The first kappa shape index (κ1) is 13.0. The van der Waals surface area contributed by atoms with Crippen molar-refractivity contribution in [3.63, 3.8) is 0 Å². The Kier molecular flexibility index (Phi) is 2.70. The summed E-state index contributed by atoms with van der Waals surface area (Å²) in [4.78, 5) is 28.4. The molecule has 2 amide bonds. The Morgan fingerprint density at radius 3 is 2.48 bits per heavy atom. The van der Waals surface area contributed by atoms with Crippen molar-refractivity contribution >= 4 is 11.8 Å². The summed E-state index contributed by atoms with van der Waals surface area (Å²) in [5.41, 5.74) is 0.937. The zero-order valence-corrected chi connectivity index (χ0v) is 11.8. The molecule has 5 heteroatoms. The van der Waals surface area contributed by atoms with Crippen LogP contribution in [-0.2, 0) is 9.59 Å². The van der Waals surface area contributed by atoms with Crippen molar-refractivity contribution in [2.75, 3.05) is 13.6 Å². The van der Waals surface area contributed by atoms with Gasteiger partial charge in [0.2, 0.25) is 11.8 Å². The minimum absolute atomic E-state index is 0.0495.